The highest BCUT2D eigenvalue weighted by Crippen LogP contribution is 2.23. The number of rotatable bonds is 5. The van der Waals surface area contributed by atoms with Gasteiger partial charge in [-0.15, -0.1) is 0 Å². The van der Waals surface area contributed by atoms with Crippen LogP contribution in [0.15, 0.2) is 83.5 Å². The van der Waals surface area contributed by atoms with Crippen molar-refractivity contribution in [1.82, 2.24) is 0 Å². The van der Waals surface area contributed by atoms with Gasteiger partial charge < -0.3 is 9.47 Å². The van der Waals surface area contributed by atoms with Crippen LogP contribution in [0.1, 0.15) is 22.3 Å². The third-order valence-electron chi connectivity index (χ3n) is 4.48. The average molecular weight is 495 g/mol. The molecule has 0 fully saturated rings. The van der Waals surface area contributed by atoms with Crippen molar-refractivity contribution in [3.8, 4) is 5.75 Å². The average Bonchev–Trinajstić information content (AvgIpc) is 3.08. The van der Waals surface area contributed by atoms with E-state index in [-0.39, 0.29) is 5.70 Å². The summed E-state index contributed by atoms with van der Waals surface area (Å²) in [5, 5.41) is 0. The maximum absolute atomic E-state index is 12.3. The van der Waals surface area contributed by atoms with E-state index in [9.17, 15) is 4.79 Å². The van der Waals surface area contributed by atoms with E-state index < -0.39 is 5.97 Å². The molecule has 29 heavy (non-hydrogen) atoms. The maximum atomic E-state index is 12.3. The molecule has 0 radical (unpaired) electrons. The number of carbonyl (C=O) groups is 1. The van der Waals surface area contributed by atoms with E-state index in [0.29, 0.717) is 12.5 Å². The Balaban J connectivity index is 1.52. The summed E-state index contributed by atoms with van der Waals surface area (Å²) in [4.78, 5) is 16.7. The Hall–Kier alpha value is -2.93. The van der Waals surface area contributed by atoms with Gasteiger partial charge in [0.05, 0.1) is 0 Å². The molecule has 4 nitrogen and oxygen atoms in total. The summed E-state index contributed by atoms with van der Waals surface area (Å²) >= 11 is 2.28. The molecule has 0 unspecified atom stereocenters. The number of aliphatic imine (C=N–C) groups is 1. The quantitative estimate of drug-likeness (QED) is 0.266. The van der Waals surface area contributed by atoms with Crippen molar-refractivity contribution in [3.05, 3.63) is 104 Å². The zero-order valence-electron chi connectivity index (χ0n) is 15.8. The predicted octanol–water partition coefficient (Wildman–Crippen LogP) is 5.52. The Morgan fingerprint density at radius 1 is 1.03 bits per heavy atom. The first-order valence-electron chi connectivity index (χ1n) is 9.14. The van der Waals surface area contributed by atoms with Crippen molar-refractivity contribution >= 4 is 40.5 Å². The van der Waals surface area contributed by atoms with Crippen LogP contribution in [-0.2, 0) is 16.1 Å². The van der Waals surface area contributed by atoms with Crippen LogP contribution in [0, 0.1) is 10.5 Å². The van der Waals surface area contributed by atoms with E-state index >= 15 is 0 Å². The lowest BCUT2D eigenvalue weighted by molar-refractivity contribution is -0.129. The second kappa shape index (κ2) is 8.61. The summed E-state index contributed by atoms with van der Waals surface area (Å²) in [5.41, 5.74) is 4.02. The maximum Gasteiger partial charge on any atom is 0.363 e. The van der Waals surface area contributed by atoms with Crippen LogP contribution in [-0.4, -0.2) is 11.9 Å². The lowest BCUT2D eigenvalue weighted by atomic mass is 10.1. The number of hydrogen-bond acceptors (Lipinski definition) is 4. The molecule has 0 bridgehead atoms. The SMILES string of the molecule is Cc1ccccc1C1=N/C(=C\c2cccc(OCc3ccc(I)cc3)c2)C(=O)O1. The zero-order valence-corrected chi connectivity index (χ0v) is 17.9. The standard InChI is InChI=1S/C24H18INO3/c1-16-5-2-3-8-21(16)23-26-22(24(27)29-23)14-18-6-4-7-20(13-18)28-15-17-9-11-19(25)12-10-17/h2-14H,15H2,1H3/b22-14-. The summed E-state index contributed by atoms with van der Waals surface area (Å²) in [6.07, 6.45) is 1.71. The first kappa shape index (κ1) is 19.4. The van der Waals surface area contributed by atoms with Gasteiger partial charge in [-0.25, -0.2) is 9.79 Å². The smallest absolute Gasteiger partial charge is 0.363 e. The van der Waals surface area contributed by atoms with E-state index in [0.717, 1.165) is 28.0 Å². The molecule has 3 aromatic carbocycles. The molecule has 4 rings (SSSR count). The van der Waals surface area contributed by atoms with Crippen molar-refractivity contribution in [3.63, 3.8) is 0 Å². The first-order chi connectivity index (χ1) is 14.1. The van der Waals surface area contributed by atoms with Gasteiger partial charge in [0.2, 0.25) is 5.90 Å². The summed E-state index contributed by atoms with van der Waals surface area (Å²) < 4.78 is 12.4. The molecule has 0 saturated carbocycles. The highest BCUT2D eigenvalue weighted by molar-refractivity contribution is 14.1. The van der Waals surface area contributed by atoms with Crippen molar-refractivity contribution in [2.75, 3.05) is 0 Å². The van der Waals surface area contributed by atoms with Crippen LogP contribution < -0.4 is 4.74 Å². The van der Waals surface area contributed by atoms with Crippen LogP contribution in [0.2, 0.25) is 0 Å². The number of aryl methyl sites for hydroxylation is 1. The minimum Gasteiger partial charge on any atom is -0.489 e. The molecule has 0 aliphatic carbocycles. The third-order valence-corrected chi connectivity index (χ3v) is 5.20. The normalized spacial score (nSPS) is 14.6. The largest absolute Gasteiger partial charge is 0.489 e. The van der Waals surface area contributed by atoms with Crippen LogP contribution in [0.25, 0.3) is 6.08 Å². The monoisotopic (exact) mass is 495 g/mol. The Bertz CT molecular complexity index is 1120. The lowest BCUT2D eigenvalue weighted by Gasteiger charge is -2.07. The van der Waals surface area contributed by atoms with Crippen molar-refractivity contribution in [2.24, 2.45) is 4.99 Å². The number of nitrogens with zero attached hydrogens (tertiary/aromatic N) is 1. The minimum absolute atomic E-state index is 0.276. The number of halogens is 1. The van der Waals surface area contributed by atoms with E-state index in [1.165, 1.54) is 3.57 Å². The molecular formula is C24H18INO3. The van der Waals surface area contributed by atoms with E-state index in [2.05, 4.69) is 39.7 Å². The van der Waals surface area contributed by atoms with Gasteiger partial charge in [0.1, 0.15) is 12.4 Å². The summed E-state index contributed by atoms with van der Waals surface area (Å²) in [6.45, 7) is 2.44. The third kappa shape index (κ3) is 4.74. The van der Waals surface area contributed by atoms with Crippen molar-refractivity contribution in [2.45, 2.75) is 13.5 Å². The van der Waals surface area contributed by atoms with Gasteiger partial charge in [0, 0.05) is 9.13 Å². The molecular weight excluding hydrogens is 477 g/mol. The molecule has 0 spiro atoms. The Kier molecular flexibility index (Phi) is 5.76. The summed E-state index contributed by atoms with van der Waals surface area (Å²) in [5.74, 6) is 0.617. The molecule has 3 aromatic rings. The van der Waals surface area contributed by atoms with E-state index in [1.807, 2.05) is 67.6 Å². The molecule has 5 heteroatoms. The molecule has 0 aromatic heterocycles. The second-order valence-corrected chi connectivity index (χ2v) is 7.88. The van der Waals surface area contributed by atoms with Crippen LogP contribution >= 0.6 is 22.6 Å². The fourth-order valence-electron chi connectivity index (χ4n) is 2.94. The van der Waals surface area contributed by atoms with Crippen LogP contribution in [0.4, 0.5) is 0 Å². The van der Waals surface area contributed by atoms with E-state index in [4.69, 9.17) is 9.47 Å². The number of benzene rings is 3. The molecule has 1 heterocycles. The van der Waals surface area contributed by atoms with Gasteiger partial charge >= 0.3 is 5.97 Å². The molecule has 0 saturated heterocycles. The topological polar surface area (TPSA) is 47.9 Å². The lowest BCUT2D eigenvalue weighted by Crippen LogP contribution is -2.06. The van der Waals surface area contributed by atoms with Crippen molar-refractivity contribution in [1.29, 1.82) is 0 Å². The molecule has 144 valence electrons. The van der Waals surface area contributed by atoms with Gasteiger partial charge in [-0.2, -0.15) is 0 Å². The molecule has 1 aliphatic heterocycles. The van der Waals surface area contributed by atoms with Crippen LogP contribution in [0.5, 0.6) is 5.75 Å². The fourth-order valence-corrected chi connectivity index (χ4v) is 3.30. The zero-order chi connectivity index (χ0) is 20.2. The number of hydrogen-bond donors (Lipinski definition) is 0. The van der Waals surface area contributed by atoms with Gasteiger partial charge in [0.15, 0.2) is 5.70 Å². The van der Waals surface area contributed by atoms with E-state index in [1.54, 1.807) is 6.08 Å². The van der Waals surface area contributed by atoms with Crippen molar-refractivity contribution < 1.29 is 14.3 Å². The highest BCUT2D eigenvalue weighted by Gasteiger charge is 2.24. The molecule has 0 atom stereocenters. The Labute approximate surface area is 183 Å². The Morgan fingerprint density at radius 2 is 1.83 bits per heavy atom. The Morgan fingerprint density at radius 3 is 2.62 bits per heavy atom. The summed E-state index contributed by atoms with van der Waals surface area (Å²) in [7, 11) is 0. The predicted molar refractivity (Wildman–Crippen MR) is 122 cm³/mol. The van der Waals surface area contributed by atoms with Gasteiger partial charge in [-0.05, 0) is 82.6 Å². The number of esters is 1. The highest BCUT2D eigenvalue weighted by atomic mass is 127. The van der Waals surface area contributed by atoms with Gasteiger partial charge in [-0.3, -0.25) is 0 Å². The minimum atomic E-state index is -0.450. The fraction of sp³-hybridized carbons (Fsp3) is 0.0833. The van der Waals surface area contributed by atoms with Gasteiger partial charge in [0.25, 0.3) is 0 Å². The second-order valence-electron chi connectivity index (χ2n) is 6.64. The summed E-state index contributed by atoms with van der Waals surface area (Å²) in [6, 6.07) is 23.5. The first-order valence-corrected chi connectivity index (χ1v) is 10.2. The number of cyclic esters (lactones) is 1. The molecule has 1 aliphatic rings. The van der Waals surface area contributed by atoms with Crippen LogP contribution in [0.3, 0.4) is 0 Å². The van der Waals surface area contributed by atoms with Gasteiger partial charge in [-0.1, -0.05) is 42.5 Å². The number of ether oxygens (including phenoxy) is 2. The molecule has 0 N–H and O–H groups in total. The molecule has 0 amide bonds. The number of carbonyl (C=O) groups excluding carboxylic acids is 1.